The number of carboxylic acid groups (broad SMARTS) is 1. The Balaban J connectivity index is 0.000000559. The molecule has 1 atom stereocenters. The summed E-state index contributed by atoms with van der Waals surface area (Å²) in [7, 11) is 0. The van der Waals surface area contributed by atoms with Gasteiger partial charge in [-0.25, -0.2) is 9.48 Å². The molecule has 2 aliphatic heterocycles. The summed E-state index contributed by atoms with van der Waals surface area (Å²) in [6.07, 6.45) is 2.93. The van der Waals surface area contributed by atoms with Gasteiger partial charge in [-0.2, -0.15) is 18.3 Å². The number of ether oxygens (including phenoxy) is 1. The number of amides is 2. The lowest BCUT2D eigenvalue weighted by Crippen LogP contribution is -2.49. The SMILES string of the molecule is CC1(C)CNC(=O)c2nn(-c3ccccc3)cc2OC/C=C/CNCCC(=O)N2CCCC21.O=C(O)C(F)(F)F. The van der Waals surface area contributed by atoms with Gasteiger partial charge in [0.25, 0.3) is 5.91 Å². The molecule has 1 aromatic heterocycles. The van der Waals surface area contributed by atoms with Gasteiger partial charge in [0.2, 0.25) is 5.91 Å². The maximum absolute atomic E-state index is 13.2. The van der Waals surface area contributed by atoms with Gasteiger partial charge < -0.3 is 25.4 Å². The topological polar surface area (TPSA) is 126 Å². The number of rotatable bonds is 1. The van der Waals surface area contributed by atoms with Crippen LogP contribution in [0.25, 0.3) is 5.69 Å². The van der Waals surface area contributed by atoms with Crippen LogP contribution in [0.15, 0.2) is 48.7 Å². The van der Waals surface area contributed by atoms with E-state index >= 15 is 0 Å². The van der Waals surface area contributed by atoms with Crippen LogP contribution in [0.3, 0.4) is 0 Å². The van der Waals surface area contributed by atoms with Gasteiger partial charge in [-0.15, -0.1) is 0 Å². The first-order valence-electron chi connectivity index (χ1n) is 12.9. The van der Waals surface area contributed by atoms with Gasteiger partial charge in [0.1, 0.15) is 6.61 Å². The summed E-state index contributed by atoms with van der Waals surface area (Å²) < 4.78 is 39.3. The third kappa shape index (κ3) is 8.31. The van der Waals surface area contributed by atoms with Gasteiger partial charge >= 0.3 is 12.1 Å². The lowest BCUT2D eigenvalue weighted by molar-refractivity contribution is -0.192. The number of carbonyl (C=O) groups excluding carboxylic acids is 2. The second-order valence-electron chi connectivity index (χ2n) is 10.1. The summed E-state index contributed by atoms with van der Waals surface area (Å²) in [5.74, 6) is -2.43. The molecule has 1 aromatic carbocycles. The number of nitrogens with zero attached hydrogens (tertiary/aromatic N) is 3. The van der Waals surface area contributed by atoms with E-state index in [2.05, 4.69) is 29.6 Å². The van der Waals surface area contributed by atoms with Crippen molar-refractivity contribution in [3.63, 3.8) is 0 Å². The Hall–Kier alpha value is -3.87. The molecule has 0 radical (unpaired) electrons. The summed E-state index contributed by atoms with van der Waals surface area (Å²) in [4.78, 5) is 36.9. The Morgan fingerprint density at radius 3 is 2.55 bits per heavy atom. The van der Waals surface area contributed by atoms with Crippen LogP contribution in [0.5, 0.6) is 5.75 Å². The monoisotopic (exact) mass is 565 g/mol. The number of carbonyl (C=O) groups is 3. The zero-order chi connectivity index (χ0) is 29.3. The molecule has 1 saturated heterocycles. The largest absolute Gasteiger partial charge is 0.490 e. The Morgan fingerprint density at radius 1 is 1.18 bits per heavy atom. The van der Waals surface area contributed by atoms with E-state index in [9.17, 15) is 22.8 Å². The number of aromatic nitrogens is 2. The fourth-order valence-electron chi connectivity index (χ4n) is 4.54. The van der Waals surface area contributed by atoms with Gasteiger partial charge in [0.15, 0.2) is 11.4 Å². The van der Waals surface area contributed by atoms with Crippen LogP contribution in [0.1, 0.15) is 43.6 Å². The molecule has 3 N–H and O–H groups in total. The van der Waals surface area contributed by atoms with E-state index in [-0.39, 0.29) is 29.0 Å². The molecule has 3 heterocycles. The van der Waals surface area contributed by atoms with Crippen LogP contribution in [-0.2, 0) is 9.59 Å². The molecule has 0 saturated carbocycles. The van der Waals surface area contributed by atoms with Crippen LogP contribution < -0.4 is 15.4 Å². The predicted molar refractivity (Wildman–Crippen MR) is 140 cm³/mol. The van der Waals surface area contributed by atoms with Crippen LogP contribution in [0, 0.1) is 5.41 Å². The fraction of sp³-hybridized carbons (Fsp3) is 0.481. The number of fused-ring (bicyclic) bond motifs is 2. The van der Waals surface area contributed by atoms with Gasteiger partial charge in [0.05, 0.1) is 11.9 Å². The first-order valence-corrected chi connectivity index (χ1v) is 12.9. The minimum Gasteiger partial charge on any atom is -0.485 e. The first kappa shape index (κ1) is 30.7. The molecule has 0 spiro atoms. The predicted octanol–water partition coefficient (Wildman–Crippen LogP) is 3.18. The number of benzene rings is 1. The van der Waals surface area contributed by atoms with Crippen molar-refractivity contribution in [3.8, 4) is 11.4 Å². The van der Waals surface area contributed by atoms with E-state index < -0.39 is 12.1 Å². The minimum absolute atomic E-state index is 0.0958. The first-order chi connectivity index (χ1) is 18.9. The second kappa shape index (κ2) is 13.5. The van der Waals surface area contributed by atoms with Crippen LogP contribution >= 0.6 is 0 Å². The van der Waals surface area contributed by atoms with Crippen molar-refractivity contribution < 1.29 is 37.4 Å². The zero-order valence-corrected chi connectivity index (χ0v) is 22.4. The minimum atomic E-state index is -5.08. The smallest absolute Gasteiger partial charge is 0.485 e. The molecule has 0 aliphatic carbocycles. The number of alkyl halides is 3. The molecule has 13 heteroatoms. The molecular weight excluding hydrogens is 531 g/mol. The maximum atomic E-state index is 13.2. The van der Waals surface area contributed by atoms with E-state index in [0.717, 1.165) is 25.1 Å². The number of carboxylic acids is 1. The summed E-state index contributed by atoms with van der Waals surface area (Å²) in [5, 5.41) is 18.0. The highest BCUT2D eigenvalue weighted by Gasteiger charge is 2.40. The van der Waals surface area contributed by atoms with Crippen LogP contribution in [-0.4, -0.2) is 82.6 Å². The fourth-order valence-corrected chi connectivity index (χ4v) is 4.54. The van der Waals surface area contributed by atoms with Gasteiger partial charge in [-0.05, 0) is 25.0 Å². The molecule has 2 aliphatic rings. The third-order valence-electron chi connectivity index (χ3n) is 6.62. The third-order valence-corrected chi connectivity index (χ3v) is 6.62. The molecule has 2 amide bonds. The van der Waals surface area contributed by atoms with Crippen molar-refractivity contribution in [3.05, 3.63) is 54.4 Å². The molecule has 1 unspecified atom stereocenters. The number of nitrogens with one attached hydrogen (secondary N) is 2. The summed E-state index contributed by atoms with van der Waals surface area (Å²) in [6, 6.07) is 9.74. The van der Waals surface area contributed by atoms with Crippen molar-refractivity contribution in [2.75, 3.05) is 32.8 Å². The number of hydrogen-bond donors (Lipinski definition) is 3. The van der Waals surface area contributed by atoms with E-state index in [1.165, 1.54) is 0 Å². The Bertz CT molecular complexity index is 1200. The Labute approximate surface area is 230 Å². The van der Waals surface area contributed by atoms with Crippen molar-refractivity contribution in [1.29, 1.82) is 0 Å². The number of aliphatic carboxylic acids is 1. The van der Waals surface area contributed by atoms with E-state index in [0.29, 0.717) is 38.4 Å². The lowest BCUT2D eigenvalue weighted by atomic mass is 9.82. The molecule has 218 valence electrons. The molecule has 2 aromatic rings. The molecule has 0 bridgehead atoms. The van der Waals surface area contributed by atoms with Crippen molar-refractivity contribution in [2.45, 2.75) is 45.3 Å². The Morgan fingerprint density at radius 2 is 1.88 bits per heavy atom. The summed E-state index contributed by atoms with van der Waals surface area (Å²) >= 11 is 0. The highest BCUT2D eigenvalue weighted by atomic mass is 19.4. The van der Waals surface area contributed by atoms with Gasteiger partial charge in [-0.3, -0.25) is 9.59 Å². The zero-order valence-electron chi connectivity index (χ0n) is 22.4. The molecular formula is C27H34F3N5O5. The van der Waals surface area contributed by atoms with E-state index in [1.54, 1.807) is 10.9 Å². The van der Waals surface area contributed by atoms with Crippen LogP contribution in [0.2, 0.25) is 0 Å². The molecule has 1 fully saturated rings. The quantitative estimate of drug-likeness (QED) is 0.454. The van der Waals surface area contributed by atoms with E-state index in [4.69, 9.17) is 14.6 Å². The number of hydrogen-bond acceptors (Lipinski definition) is 6. The number of para-hydroxylation sites is 1. The van der Waals surface area contributed by atoms with Crippen LogP contribution in [0.4, 0.5) is 13.2 Å². The lowest BCUT2D eigenvalue weighted by Gasteiger charge is -2.38. The van der Waals surface area contributed by atoms with Crippen molar-refractivity contribution in [2.24, 2.45) is 5.41 Å². The number of halogens is 3. The molecule has 4 rings (SSSR count). The second-order valence-corrected chi connectivity index (χ2v) is 10.1. The normalized spacial score (nSPS) is 21.0. The summed E-state index contributed by atoms with van der Waals surface area (Å²) in [6.45, 7) is 7.05. The standard InChI is InChI=1S/C25H33N5O3.C2HF3O2/c1-25(2)18-27-24(32)23-20(17-30(28-23)19-9-4-3-5-10-19)33-16-7-6-13-26-14-12-22(31)29-15-8-11-21(25)29;3-2(4,5)1(6)7/h3-7,9-10,17,21,26H,8,11-16,18H2,1-2H3,(H,27,32);(H,6,7)/b7-6+;. The average molecular weight is 566 g/mol. The summed E-state index contributed by atoms with van der Waals surface area (Å²) in [5.41, 5.74) is 0.835. The van der Waals surface area contributed by atoms with Gasteiger partial charge in [0, 0.05) is 44.1 Å². The highest BCUT2D eigenvalue weighted by molar-refractivity contribution is 5.95. The van der Waals surface area contributed by atoms with Gasteiger partial charge in [-0.1, -0.05) is 44.2 Å². The maximum Gasteiger partial charge on any atom is 0.490 e. The average Bonchev–Trinajstić information content (AvgIpc) is 3.57. The Kier molecular flexibility index (Phi) is 10.3. The molecule has 40 heavy (non-hydrogen) atoms. The van der Waals surface area contributed by atoms with Crippen molar-refractivity contribution in [1.82, 2.24) is 25.3 Å². The van der Waals surface area contributed by atoms with Crippen molar-refractivity contribution >= 4 is 17.8 Å². The molecule has 10 nitrogen and oxygen atoms in total. The highest BCUT2D eigenvalue weighted by Crippen LogP contribution is 2.33. The van der Waals surface area contributed by atoms with E-state index in [1.807, 2.05) is 47.4 Å².